The molecule has 0 saturated carbocycles. The molecule has 0 spiro atoms. The molecule has 0 aliphatic carbocycles. The zero-order valence-corrected chi connectivity index (χ0v) is 33.8. The number of carbonyl (C=O) groups excluding carboxylic acids is 3. The molecule has 0 radical (unpaired) electrons. The van der Waals surface area contributed by atoms with Gasteiger partial charge in [-0.25, -0.2) is 39.2 Å². The van der Waals surface area contributed by atoms with E-state index < -0.39 is 70.9 Å². The van der Waals surface area contributed by atoms with Gasteiger partial charge in [0, 0.05) is 12.4 Å². The Morgan fingerprint density at radius 3 is 1.33 bits per heavy atom. The van der Waals surface area contributed by atoms with Crippen LogP contribution in [-0.4, -0.2) is 82.6 Å². The van der Waals surface area contributed by atoms with Gasteiger partial charge in [0.1, 0.15) is 0 Å². The Morgan fingerprint density at radius 2 is 1.00 bits per heavy atom. The van der Waals surface area contributed by atoms with Gasteiger partial charge in [0.25, 0.3) is 20.0 Å². The number of esters is 3. The van der Waals surface area contributed by atoms with Gasteiger partial charge >= 0.3 is 39.6 Å². The Hall–Kier alpha value is -3.95. The third-order valence-electron chi connectivity index (χ3n) is 6.05. The summed E-state index contributed by atoms with van der Waals surface area (Å²) in [5.74, 6) is -4.56. The van der Waals surface area contributed by atoms with Gasteiger partial charge in [-0.1, -0.05) is 62.9 Å². The molecule has 14 nitrogen and oxygen atoms in total. The standard InChI is InChI=1S/C13H10F3NO4S.C12H10BrNO4S.C3H3F3O4S.CH3I/c1-21-12(18)11-10(13(14,15)16)7-8-17(11)22(19,20)9-5-3-2-4-6-9;1-18-12(15)11-10(13)7-8-14(11)19(16,17)9-5-3-2-4-6-9;1-10-2(7)3(4,5)11(6,8)9;1-2/h2-8H,1H3;2-8H,1H3;1H3;1H3. The van der Waals surface area contributed by atoms with Crippen LogP contribution >= 0.6 is 38.5 Å². The predicted molar refractivity (Wildman–Crippen MR) is 189 cm³/mol. The van der Waals surface area contributed by atoms with Gasteiger partial charge in [0.2, 0.25) is 0 Å². The molecule has 54 heavy (non-hydrogen) atoms. The Bertz CT molecular complexity index is 2250. The number of rotatable bonds is 8. The van der Waals surface area contributed by atoms with E-state index in [9.17, 15) is 65.5 Å². The lowest BCUT2D eigenvalue weighted by atomic mass is 10.2. The van der Waals surface area contributed by atoms with Gasteiger partial charge in [-0.3, -0.25) is 0 Å². The lowest BCUT2D eigenvalue weighted by Gasteiger charge is -2.12. The molecule has 0 bridgehead atoms. The molecular formula is C29H26BrF6IN2O12S3. The zero-order chi connectivity index (χ0) is 41.9. The van der Waals surface area contributed by atoms with Gasteiger partial charge in [-0.15, -0.1) is 0 Å². The fourth-order valence-electron chi connectivity index (χ4n) is 3.65. The van der Waals surface area contributed by atoms with Crippen LogP contribution in [0.15, 0.2) is 99.5 Å². The monoisotopic (exact) mass is 1010 g/mol. The van der Waals surface area contributed by atoms with E-state index in [-0.39, 0.29) is 19.5 Å². The third kappa shape index (κ3) is 11.3. The smallest absolute Gasteiger partial charge is 0.464 e. The van der Waals surface area contributed by atoms with E-state index in [4.69, 9.17) is 0 Å². The first kappa shape index (κ1) is 48.1. The number of carbonyl (C=O) groups is 3. The summed E-state index contributed by atoms with van der Waals surface area (Å²) in [4.78, 5) is 35.0. The van der Waals surface area contributed by atoms with E-state index in [1.54, 1.807) is 24.3 Å². The Labute approximate surface area is 326 Å². The minimum Gasteiger partial charge on any atom is -0.464 e. The second kappa shape index (κ2) is 19.6. The summed E-state index contributed by atoms with van der Waals surface area (Å²) in [5.41, 5.74) is -2.52. The molecule has 0 saturated heterocycles. The average molecular weight is 1010 g/mol. The molecule has 2 heterocycles. The molecule has 25 heteroatoms. The maximum atomic E-state index is 12.9. The highest BCUT2D eigenvalue weighted by atomic mass is 127. The first-order valence-electron chi connectivity index (χ1n) is 13.6. The van der Waals surface area contributed by atoms with Crippen molar-refractivity contribution in [1.82, 2.24) is 7.94 Å². The second-order valence-electron chi connectivity index (χ2n) is 9.25. The molecule has 2 aromatic heterocycles. The number of methoxy groups -OCH3 is 3. The van der Waals surface area contributed by atoms with Crippen LogP contribution < -0.4 is 0 Å². The van der Waals surface area contributed by atoms with Crippen molar-refractivity contribution in [1.29, 1.82) is 0 Å². The fraction of sp³-hybridized carbons (Fsp3) is 0.207. The number of alkyl halides is 6. The second-order valence-corrected chi connectivity index (χ2v) is 15.1. The van der Waals surface area contributed by atoms with Crippen molar-refractivity contribution < 1.29 is 79.7 Å². The average Bonchev–Trinajstić information content (AvgIpc) is 3.78. The minimum atomic E-state index is -6.22. The van der Waals surface area contributed by atoms with Crippen LogP contribution in [0.5, 0.6) is 0 Å². The van der Waals surface area contributed by atoms with E-state index >= 15 is 0 Å². The summed E-state index contributed by atoms with van der Waals surface area (Å²) in [5, 5.41) is -5.11. The molecular weight excluding hydrogens is 985 g/mol. The van der Waals surface area contributed by atoms with Crippen molar-refractivity contribution in [2.45, 2.75) is 21.2 Å². The topological polar surface area (TPSA) is 191 Å². The summed E-state index contributed by atoms with van der Waals surface area (Å²) in [7, 11) is -11.8. The Kier molecular flexibility index (Phi) is 17.4. The molecule has 0 unspecified atom stereocenters. The predicted octanol–water partition coefficient (Wildman–Crippen LogP) is 5.91. The lowest BCUT2D eigenvalue weighted by molar-refractivity contribution is -0.157. The van der Waals surface area contributed by atoms with Crippen molar-refractivity contribution in [3.63, 3.8) is 0 Å². The minimum absolute atomic E-state index is 0.0636. The van der Waals surface area contributed by atoms with E-state index in [0.29, 0.717) is 23.8 Å². The largest absolute Gasteiger partial charge is 0.470 e. The molecule has 0 aliphatic rings. The van der Waals surface area contributed by atoms with E-state index in [2.05, 4.69) is 52.7 Å². The number of hydrogen-bond donors (Lipinski definition) is 0. The highest BCUT2D eigenvalue weighted by molar-refractivity contribution is 14.1. The maximum absolute atomic E-state index is 12.9. The lowest BCUT2D eigenvalue weighted by Crippen LogP contribution is -2.36. The number of benzene rings is 2. The van der Waals surface area contributed by atoms with Crippen molar-refractivity contribution in [3.05, 3.63) is 107 Å². The van der Waals surface area contributed by atoms with Crippen LogP contribution in [0.3, 0.4) is 0 Å². The highest BCUT2D eigenvalue weighted by Crippen LogP contribution is 2.34. The van der Waals surface area contributed by atoms with Crippen molar-refractivity contribution in [3.8, 4) is 0 Å². The van der Waals surface area contributed by atoms with Crippen molar-refractivity contribution in [2.75, 3.05) is 26.3 Å². The zero-order valence-electron chi connectivity index (χ0n) is 27.6. The fourth-order valence-corrected chi connectivity index (χ4v) is 7.24. The van der Waals surface area contributed by atoms with Crippen LogP contribution in [-0.2, 0) is 55.5 Å². The molecule has 0 atom stereocenters. The van der Waals surface area contributed by atoms with Crippen LogP contribution in [0.25, 0.3) is 0 Å². The van der Waals surface area contributed by atoms with E-state index in [1.165, 1.54) is 55.8 Å². The molecule has 0 fully saturated rings. The van der Waals surface area contributed by atoms with Crippen molar-refractivity contribution >= 4 is 86.7 Å². The van der Waals surface area contributed by atoms with Gasteiger partial charge in [0.05, 0.1) is 41.2 Å². The highest BCUT2D eigenvalue weighted by Gasteiger charge is 2.55. The molecule has 298 valence electrons. The molecule has 0 N–H and O–H groups in total. The first-order chi connectivity index (χ1) is 24.9. The number of aromatic nitrogens is 2. The van der Waals surface area contributed by atoms with Crippen LogP contribution in [0.4, 0.5) is 25.8 Å². The van der Waals surface area contributed by atoms with Crippen LogP contribution in [0.2, 0.25) is 0 Å². The normalized spacial score (nSPS) is 11.6. The summed E-state index contributed by atoms with van der Waals surface area (Å²) in [6, 6.07) is 16.7. The van der Waals surface area contributed by atoms with Crippen LogP contribution in [0, 0.1) is 0 Å². The third-order valence-corrected chi connectivity index (χ3v) is 10.8. The number of ether oxygens (including phenoxy) is 3. The Balaban J connectivity index is 0.000000416. The number of halogens is 8. The van der Waals surface area contributed by atoms with Crippen LogP contribution in [0.1, 0.15) is 26.5 Å². The molecule has 4 aromatic rings. The summed E-state index contributed by atoms with van der Waals surface area (Å²) in [6.45, 7) is 0. The summed E-state index contributed by atoms with van der Waals surface area (Å²) in [6.07, 6.45) is -2.91. The molecule has 0 amide bonds. The van der Waals surface area contributed by atoms with Gasteiger partial charge in [0.15, 0.2) is 11.4 Å². The summed E-state index contributed by atoms with van der Waals surface area (Å²) < 4.78 is 157. The molecule has 4 rings (SSSR count). The van der Waals surface area contributed by atoms with Crippen molar-refractivity contribution in [2.24, 2.45) is 0 Å². The van der Waals surface area contributed by atoms with Gasteiger partial charge < -0.3 is 14.2 Å². The SMILES string of the molecule is CI.COC(=O)C(F)(F)S(=O)(=O)F.COC(=O)c1c(Br)ccn1S(=O)(=O)c1ccccc1.COC(=O)c1c(C(F)(F)F)ccn1S(=O)(=O)c1ccccc1. The number of nitrogens with zero attached hydrogens (tertiary/aromatic N) is 2. The van der Waals surface area contributed by atoms with Gasteiger partial charge in [-0.2, -0.15) is 30.4 Å². The molecule has 0 aliphatic heterocycles. The van der Waals surface area contributed by atoms with E-state index in [0.717, 1.165) is 11.1 Å². The van der Waals surface area contributed by atoms with Gasteiger partial charge in [-0.05, 0) is 57.3 Å². The quantitative estimate of drug-likeness (QED) is 0.0508. The first-order valence-corrected chi connectivity index (χ1v) is 20.8. The molecule has 2 aromatic carbocycles. The maximum Gasteiger partial charge on any atom is 0.470 e. The Morgan fingerprint density at radius 1 is 0.630 bits per heavy atom. The number of hydrogen-bond acceptors (Lipinski definition) is 12. The summed E-state index contributed by atoms with van der Waals surface area (Å²) >= 11 is 5.29. The van der Waals surface area contributed by atoms with E-state index in [1.807, 2.05) is 4.93 Å².